The summed E-state index contributed by atoms with van der Waals surface area (Å²) >= 11 is 5.13. The molecule has 2 N–H and O–H groups in total. The molecule has 0 aromatic carbocycles. The fraction of sp³-hybridized carbons (Fsp3) is 0.600. The highest BCUT2D eigenvalue weighted by Crippen LogP contribution is 2.26. The molecule has 4 nitrogen and oxygen atoms in total. The second kappa shape index (κ2) is 6.06. The van der Waals surface area contributed by atoms with Crippen LogP contribution in [0.5, 0.6) is 5.88 Å². The lowest BCUT2D eigenvalue weighted by Crippen LogP contribution is -2.26. The summed E-state index contributed by atoms with van der Waals surface area (Å²) in [6, 6.07) is 2.07. The lowest BCUT2D eigenvalue weighted by atomic mass is 10.1. The van der Waals surface area contributed by atoms with E-state index in [2.05, 4.69) is 16.0 Å². The van der Waals surface area contributed by atoms with E-state index in [0.29, 0.717) is 17.5 Å². The second-order valence-corrected chi connectivity index (χ2v) is 6.00. The Morgan fingerprint density at radius 1 is 1.30 bits per heavy atom. The number of likely N-dealkylation sites (tertiary alicyclic amines) is 1. The molecule has 20 heavy (non-hydrogen) atoms. The van der Waals surface area contributed by atoms with Gasteiger partial charge in [-0.1, -0.05) is 12.2 Å². The molecule has 0 unspecified atom stereocenters. The minimum Gasteiger partial charge on any atom is -0.476 e. The first-order valence-corrected chi connectivity index (χ1v) is 7.82. The van der Waals surface area contributed by atoms with E-state index in [1.54, 1.807) is 0 Å². The van der Waals surface area contributed by atoms with Crippen LogP contribution in [-0.2, 0) is 12.8 Å². The number of hydrogen-bond donors (Lipinski definition) is 1. The van der Waals surface area contributed by atoms with Crippen molar-refractivity contribution >= 4 is 17.2 Å². The van der Waals surface area contributed by atoms with Crippen molar-refractivity contribution in [1.29, 1.82) is 0 Å². The van der Waals surface area contributed by atoms with Gasteiger partial charge in [-0.25, -0.2) is 4.98 Å². The molecule has 0 spiro atoms. The summed E-state index contributed by atoms with van der Waals surface area (Å²) in [6.45, 7) is 3.98. The van der Waals surface area contributed by atoms with Crippen LogP contribution in [-0.4, -0.2) is 41.1 Å². The molecule has 3 rings (SSSR count). The maximum absolute atomic E-state index is 5.87. The van der Waals surface area contributed by atoms with Gasteiger partial charge in [0.25, 0.3) is 0 Å². The summed E-state index contributed by atoms with van der Waals surface area (Å²) in [5, 5.41) is 0. The van der Waals surface area contributed by atoms with Crippen LogP contribution in [0.15, 0.2) is 6.07 Å². The van der Waals surface area contributed by atoms with E-state index >= 15 is 0 Å². The Kier molecular flexibility index (Phi) is 4.17. The quantitative estimate of drug-likeness (QED) is 0.837. The Labute approximate surface area is 125 Å². The minimum absolute atomic E-state index is 0.378. The molecular weight excluding hydrogens is 270 g/mol. The third-order valence-corrected chi connectivity index (χ3v) is 4.35. The van der Waals surface area contributed by atoms with Gasteiger partial charge in [-0.3, -0.25) is 4.90 Å². The zero-order valence-electron chi connectivity index (χ0n) is 11.7. The maximum Gasteiger partial charge on any atom is 0.224 e. The van der Waals surface area contributed by atoms with Gasteiger partial charge < -0.3 is 10.5 Å². The summed E-state index contributed by atoms with van der Waals surface area (Å²) < 4.78 is 5.87. The number of hydrogen-bond acceptors (Lipinski definition) is 4. The monoisotopic (exact) mass is 291 g/mol. The molecule has 108 valence electrons. The van der Waals surface area contributed by atoms with Crippen LogP contribution in [0, 0.1) is 0 Å². The molecule has 1 aromatic rings. The van der Waals surface area contributed by atoms with Crippen molar-refractivity contribution in [3.8, 4) is 5.88 Å². The first kappa shape index (κ1) is 13.8. The van der Waals surface area contributed by atoms with Gasteiger partial charge in [0.1, 0.15) is 11.6 Å². The number of thiocarbonyl (C=S) groups is 1. The van der Waals surface area contributed by atoms with Gasteiger partial charge in [-0.2, -0.15) is 0 Å². The second-order valence-electron chi connectivity index (χ2n) is 5.56. The Morgan fingerprint density at radius 2 is 2.10 bits per heavy atom. The largest absolute Gasteiger partial charge is 0.476 e. The van der Waals surface area contributed by atoms with Crippen molar-refractivity contribution in [1.82, 2.24) is 9.88 Å². The average Bonchev–Trinajstić information content (AvgIpc) is 3.07. The molecule has 1 saturated heterocycles. The van der Waals surface area contributed by atoms with E-state index in [9.17, 15) is 0 Å². The highest BCUT2D eigenvalue weighted by molar-refractivity contribution is 7.80. The third kappa shape index (κ3) is 2.94. The van der Waals surface area contributed by atoms with Crippen LogP contribution in [0.25, 0.3) is 0 Å². The Hall–Kier alpha value is -1.20. The molecule has 1 aliphatic carbocycles. The number of nitrogens with two attached hydrogens (primary N) is 1. The van der Waals surface area contributed by atoms with Crippen LogP contribution in [0.3, 0.4) is 0 Å². The highest BCUT2D eigenvalue weighted by Gasteiger charge is 2.19. The molecule has 0 bridgehead atoms. The molecule has 1 aliphatic heterocycles. The van der Waals surface area contributed by atoms with Gasteiger partial charge in [0.15, 0.2) is 0 Å². The lowest BCUT2D eigenvalue weighted by molar-refractivity contribution is 0.231. The Bertz CT molecular complexity index is 512. The highest BCUT2D eigenvalue weighted by atomic mass is 32.1. The summed E-state index contributed by atoms with van der Waals surface area (Å²) in [6.07, 6.45) is 5.88. The van der Waals surface area contributed by atoms with Crippen molar-refractivity contribution in [3.63, 3.8) is 0 Å². The van der Waals surface area contributed by atoms with Crippen molar-refractivity contribution < 1.29 is 4.74 Å². The van der Waals surface area contributed by atoms with Crippen LogP contribution in [0.1, 0.15) is 36.1 Å². The number of ether oxygens (including phenoxy) is 1. The van der Waals surface area contributed by atoms with Crippen LogP contribution < -0.4 is 10.5 Å². The van der Waals surface area contributed by atoms with E-state index in [1.807, 2.05) is 0 Å². The van der Waals surface area contributed by atoms with Crippen LogP contribution in [0.4, 0.5) is 0 Å². The van der Waals surface area contributed by atoms with Gasteiger partial charge in [0, 0.05) is 12.2 Å². The van der Waals surface area contributed by atoms with Gasteiger partial charge in [-0.05, 0) is 56.8 Å². The number of aromatic nitrogens is 1. The minimum atomic E-state index is 0.378. The van der Waals surface area contributed by atoms with Crippen molar-refractivity contribution in [3.05, 3.63) is 22.9 Å². The van der Waals surface area contributed by atoms with E-state index in [0.717, 1.165) is 37.1 Å². The number of pyridine rings is 1. The van der Waals surface area contributed by atoms with E-state index < -0.39 is 0 Å². The van der Waals surface area contributed by atoms with E-state index in [1.165, 1.54) is 31.5 Å². The van der Waals surface area contributed by atoms with E-state index in [4.69, 9.17) is 22.7 Å². The van der Waals surface area contributed by atoms with Crippen LogP contribution in [0.2, 0.25) is 0 Å². The summed E-state index contributed by atoms with van der Waals surface area (Å²) in [4.78, 5) is 7.43. The fourth-order valence-corrected chi connectivity index (χ4v) is 3.16. The molecule has 0 radical (unpaired) electrons. The predicted octanol–water partition coefficient (Wildman–Crippen LogP) is 1.68. The third-order valence-electron chi connectivity index (χ3n) is 4.13. The average molecular weight is 291 g/mol. The Balaban J connectivity index is 1.69. The zero-order valence-corrected chi connectivity index (χ0v) is 12.5. The summed E-state index contributed by atoms with van der Waals surface area (Å²) in [7, 11) is 0. The molecule has 1 fully saturated rings. The molecule has 0 amide bonds. The van der Waals surface area contributed by atoms with Crippen molar-refractivity contribution in [2.75, 3.05) is 26.2 Å². The normalized spacial score (nSPS) is 18.2. The summed E-state index contributed by atoms with van der Waals surface area (Å²) in [5.74, 6) is 0.623. The Morgan fingerprint density at radius 3 is 2.85 bits per heavy atom. The maximum atomic E-state index is 5.87. The molecule has 2 aliphatic rings. The van der Waals surface area contributed by atoms with Crippen LogP contribution >= 0.6 is 12.2 Å². The summed E-state index contributed by atoms with van der Waals surface area (Å²) in [5.41, 5.74) is 9.03. The van der Waals surface area contributed by atoms with Gasteiger partial charge in [0.2, 0.25) is 5.88 Å². The first-order valence-electron chi connectivity index (χ1n) is 7.42. The van der Waals surface area contributed by atoms with Gasteiger partial charge in [-0.15, -0.1) is 0 Å². The molecule has 5 heteroatoms. The molecular formula is C15H21N3OS. The fourth-order valence-electron chi connectivity index (χ4n) is 3.02. The predicted molar refractivity (Wildman–Crippen MR) is 83.3 cm³/mol. The molecule has 0 saturated carbocycles. The number of fused-ring (bicyclic) bond motifs is 1. The smallest absolute Gasteiger partial charge is 0.224 e. The zero-order chi connectivity index (χ0) is 13.9. The topological polar surface area (TPSA) is 51.4 Å². The molecule has 1 aromatic heterocycles. The standard InChI is InChI=1S/C15H21N3OS/c16-14(20)12-10-11-4-3-5-13(11)17-15(12)19-9-8-18-6-1-2-7-18/h10H,1-9H2,(H2,16,20). The number of nitrogens with zero attached hydrogens (tertiary/aromatic N) is 2. The van der Waals surface area contributed by atoms with E-state index in [-0.39, 0.29) is 0 Å². The number of rotatable bonds is 5. The van der Waals surface area contributed by atoms with Crippen molar-refractivity contribution in [2.24, 2.45) is 5.73 Å². The molecule has 2 heterocycles. The molecule has 0 atom stereocenters. The van der Waals surface area contributed by atoms with Gasteiger partial charge in [0.05, 0.1) is 5.56 Å². The van der Waals surface area contributed by atoms with Gasteiger partial charge >= 0.3 is 0 Å². The SMILES string of the molecule is NC(=S)c1cc2c(nc1OCCN1CCCC1)CCC2. The lowest BCUT2D eigenvalue weighted by Gasteiger charge is -2.16. The first-order chi connectivity index (χ1) is 9.74. The number of aryl methyl sites for hydroxylation is 2. The van der Waals surface area contributed by atoms with Crippen molar-refractivity contribution in [2.45, 2.75) is 32.1 Å².